The largest absolute Gasteiger partial charge is 0.490 e. The van der Waals surface area contributed by atoms with Gasteiger partial charge in [-0.2, -0.15) is 0 Å². The van der Waals surface area contributed by atoms with E-state index >= 15 is 0 Å². The van der Waals surface area contributed by atoms with Crippen molar-refractivity contribution in [2.24, 2.45) is 5.92 Å². The molecule has 108 valence electrons. The lowest BCUT2D eigenvalue weighted by Crippen LogP contribution is -2.23. The van der Waals surface area contributed by atoms with Crippen LogP contribution in [0.5, 0.6) is 5.75 Å². The average molecular weight is 274 g/mol. The van der Waals surface area contributed by atoms with Crippen molar-refractivity contribution >= 4 is 18.5 Å². The van der Waals surface area contributed by atoms with Crippen LogP contribution in [-0.4, -0.2) is 22.8 Å². The van der Waals surface area contributed by atoms with Crippen LogP contribution in [0.25, 0.3) is 6.08 Å². The van der Waals surface area contributed by atoms with Crippen molar-refractivity contribution in [3.05, 3.63) is 30.3 Å². The first-order valence-electron chi connectivity index (χ1n) is 7.36. The molecule has 1 saturated carbocycles. The van der Waals surface area contributed by atoms with Crippen LogP contribution in [0, 0.1) is 5.92 Å². The summed E-state index contributed by atoms with van der Waals surface area (Å²) < 4.78 is 6.91. The van der Waals surface area contributed by atoms with Gasteiger partial charge in [0.2, 0.25) is 0 Å². The molecule has 0 spiro atoms. The quantitative estimate of drug-likeness (QED) is 0.373. The maximum absolute atomic E-state index is 9.44. The van der Waals surface area contributed by atoms with Gasteiger partial charge in [-0.05, 0) is 43.7 Å². The maximum Gasteiger partial charge on any atom is 0.263 e. The maximum atomic E-state index is 9.44. The van der Waals surface area contributed by atoms with Gasteiger partial charge < -0.3 is 4.74 Å². The summed E-state index contributed by atoms with van der Waals surface area (Å²) in [7, 11) is 0. The van der Waals surface area contributed by atoms with Gasteiger partial charge in [-0.1, -0.05) is 26.0 Å². The van der Waals surface area contributed by atoms with Crippen LogP contribution in [0.4, 0.5) is 5.69 Å². The van der Waals surface area contributed by atoms with Crippen LogP contribution < -0.4 is 4.74 Å². The zero-order chi connectivity index (χ0) is 14.5. The van der Waals surface area contributed by atoms with E-state index in [4.69, 9.17) is 4.74 Å². The highest BCUT2D eigenvalue weighted by Gasteiger charge is 2.21. The van der Waals surface area contributed by atoms with Gasteiger partial charge in [0.15, 0.2) is 6.72 Å². The highest BCUT2D eigenvalue weighted by atomic mass is 16.5. The Kier molecular flexibility index (Phi) is 4.83. The third-order valence-corrected chi connectivity index (χ3v) is 4.17. The van der Waals surface area contributed by atoms with E-state index in [2.05, 4.69) is 20.2 Å². The number of rotatable bonds is 5. The summed E-state index contributed by atoms with van der Waals surface area (Å²) in [5, 5.41) is 9.44. The molecule has 0 heterocycles. The fourth-order valence-corrected chi connectivity index (χ4v) is 2.85. The smallest absolute Gasteiger partial charge is 0.263 e. The molecule has 1 aromatic carbocycles. The second-order valence-corrected chi connectivity index (χ2v) is 5.49. The predicted molar refractivity (Wildman–Crippen MR) is 82.0 cm³/mol. The van der Waals surface area contributed by atoms with Crippen LogP contribution in [0.3, 0.4) is 0 Å². The van der Waals surface area contributed by atoms with Crippen LogP contribution >= 0.6 is 0 Å². The van der Waals surface area contributed by atoms with Crippen molar-refractivity contribution in [3.8, 4) is 5.75 Å². The van der Waals surface area contributed by atoms with Gasteiger partial charge in [0, 0.05) is 10.8 Å². The minimum absolute atomic E-state index is 0.311. The lowest BCUT2D eigenvalue weighted by atomic mass is 9.86. The molecule has 1 aliphatic rings. The monoisotopic (exact) mass is 274 g/mol. The number of hydrogen-bond acceptors (Lipinski definition) is 2. The van der Waals surface area contributed by atoms with Crippen molar-refractivity contribution in [2.75, 3.05) is 0 Å². The van der Waals surface area contributed by atoms with Crippen LogP contribution in [-0.2, 0) is 0 Å². The van der Waals surface area contributed by atoms with Crippen molar-refractivity contribution < 1.29 is 14.7 Å². The van der Waals surface area contributed by atoms with E-state index in [-0.39, 0.29) is 0 Å². The first kappa shape index (κ1) is 14.6. The molecule has 1 aliphatic carbocycles. The van der Waals surface area contributed by atoms with E-state index in [0.29, 0.717) is 11.8 Å². The second kappa shape index (κ2) is 6.60. The summed E-state index contributed by atoms with van der Waals surface area (Å²) in [6.07, 6.45) is 8.07. The minimum Gasteiger partial charge on any atom is -0.490 e. The Bertz CT molecular complexity index is 488. The fourth-order valence-electron chi connectivity index (χ4n) is 2.85. The number of hydrogen-bond donors (Lipinski definition) is 1. The van der Waals surface area contributed by atoms with E-state index in [0.717, 1.165) is 34.8 Å². The SMILES string of the molecule is C=Cc1cc(OC2CCC(CC)CC2)ccc1[N+](=C)O. The Labute approximate surface area is 121 Å². The molecule has 0 aliphatic heterocycles. The highest BCUT2D eigenvalue weighted by molar-refractivity contribution is 5.62. The topological polar surface area (TPSA) is 32.5 Å². The lowest BCUT2D eigenvalue weighted by Gasteiger charge is -2.28. The average Bonchev–Trinajstić information content (AvgIpc) is 2.47. The summed E-state index contributed by atoms with van der Waals surface area (Å²) in [6, 6.07) is 5.59. The van der Waals surface area contributed by atoms with E-state index < -0.39 is 0 Å². The molecular weight excluding hydrogens is 250 g/mol. The van der Waals surface area contributed by atoms with Gasteiger partial charge in [0.05, 0.1) is 11.7 Å². The summed E-state index contributed by atoms with van der Waals surface area (Å²) in [5.41, 5.74) is 1.45. The molecule has 20 heavy (non-hydrogen) atoms. The Hall–Kier alpha value is -1.77. The molecule has 0 unspecified atom stereocenters. The molecular formula is C17H24NO2+. The Morgan fingerprint density at radius 3 is 2.60 bits per heavy atom. The third-order valence-electron chi connectivity index (χ3n) is 4.17. The first-order chi connectivity index (χ1) is 9.63. The van der Waals surface area contributed by atoms with Gasteiger partial charge in [-0.15, -0.1) is 0 Å². The minimum atomic E-state index is 0.311. The molecule has 0 radical (unpaired) electrons. The van der Waals surface area contributed by atoms with Crippen molar-refractivity contribution in [1.29, 1.82) is 0 Å². The van der Waals surface area contributed by atoms with Crippen molar-refractivity contribution in [3.63, 3.8) is 0 Å². The molecule has 0 amide bonds. The van der Waals surface area contributed by atoms with Gasteiger partial charge in [0.25, 0.3) is 5.69 Å². The highest BCUT2D eigenvalue weighted by Crippen LogP contribution is 2.31. The van der Waals surface area contributed by atoms with Crippen LogP contribution in [0.1, 0.15) is 44.6 Å². The molecule has 0 atom stereocenters. The predicted octanol–water partition coefficient (Wildman–Crippen LogP) is 4.41. The molecule has 1 N–H and O–H groups in total. The van der Waals surface area contributed by atoms with Gasteiger partial charge in [-0.3, -0.25) is 5.21 Å². The molecule has 0 aromatic heterocycles. The number of benzene rings is 1. The van der Waals surface area contributed by atoms with E-state index in [1.807, 2.05) is 12.1 Å². The first-order valence-corrected chi connectivity index (χ1v) is 7.36. The van der Waals surface area contributed by atoms with Crippen LogP contribution in [0.15, 0.2) is 24.8 Å². The second-order valence-electron chi connectivity index (χ2n) is 5.49. The van der Waals surface area contributed by atoms with E-state index in [9.17, 15) is 5.21 Å². The summed E-state index contributed by atoms with van der Waals surface area (Å²) in [4.78, 5) is 0. The molecule has 2 rings (SSSR count). The molecule has 3 nitrogen and oxygen atoms in total. The Morgan fingerprint density at radius 2 is 2.05 bits per heavy atom. The molecule has 0 saturated heterocycles. The van der Waals surface area contributed by atoms with Crippen molar-refractivity contribution in [1.82, 2.24) is 0 Å². The van der Waals surface area contributed by atoms with Gasteiger partial charge in [0.1, 0.15) is 5.75 Å². The molecule has 0 bridgehead atoms. The van der Waals surface area contributed by atoms with Crippen molar-refractivity contribution in [2.45, 2.75) is 45.1 Å². The molecule has 1 aromatic rings. The van der Waals surface area contributed by atoms with E-state index in [1.165, 1.54) is 19.3 Å². The van der Waals surface area contributed by atoms with Crippen LogP contribution in [0.2, 0.25) is 0 Å². The summed E-state index contributed by atoms with van der Waals surface area (Å²) in [5.74, 6) is 1.71. The lowest BCUT2D eigenvalue weighted by molar-refractivity contribution is -0.706. The Morgan fingerprint density at radius 1 is 1.35 bits per heavy atom. The van der Waals surface area contributed by atoms with Gasteiger partial charge >= 0.3 is 0 Å². The standard InChI is InChI=1S/C17H24NO2/c1-4-13-6-8-15(9-7-13)20-16-10-11-17(18(3)19)14(5-2)12-16/h5,10-13,15,19H,2-4,6-9H2,1H3/q+1. The van der Waals surface area contributed by atoms with E-state index in [1.54, 1.807) is 12.1 Å². The number of ether oxygens (including phenoxy) is 1. The third kappa shape index (κ3) is 3.41. The number of nitrogens with zero attached hydrogens (tertiary/aromatic N) is 1. The zero-order valence-corrected chi connectivity index (χ0v) is 12.2. The normalized spacial score (nSPS) is 22.2. The summed E-state index contributed by atoms with van der Waals surface area (Å²) >= 11 is 0. The summed E-state index contributed by atoms with van der Waals surface area (Å²) in [6.45, 7) is 9.51. The Balaban J connectivity index is 2.03. The zero-order valence-electron chi connectivity index (χ0n) is 12.2. The molecule has 1 fully saturated rings. The molecule has 3 heteroatoms. The van der Waals surface area contributed by atoms with Gasteiger partial charge in [-0.25, -0.2) is 0 Å². The fraction of sp³-hybridized carbons (Fsp3) is 0.471.